The molecular weight excluding hydrogens is 191 g/mol. The minimum atomic E-state index is -1.63. The zero-order chi connectivity index (χ0) is 9.30. The molecule has 1 rings (SSSR count). The zero-order valence-electron chi connectivity index (χ0n) is 7.12. The van der Waals surface area contributed by atoms with Gasteiger partial charge >= 0.3 is 5.97 Å². The van der Waals surface area contributed by atoms with E-state index >= 15 is 0 Å². The fourth-order valence-corrected chi connectivity index (χ4v) is 1.00. The number of hydrogen-bond acceptors (Lipinski definition) is 6. The van der Waals surface area contributed by atoms with Gasteiger partial charge in [-0.25, -0.2) is 4.79 Å². The van der Waals surface area contributed by atoms with Gasteiger partial charge in [0, 0.05) is 29.6 Å². The van der Waals surface area contributed by atoms with Crippen molar-refractivity contribution in [2.24, 2.45) is 0 Å². The summed E-state index contributed by atoms with van der Waals surface area (Å²) in [5, 5.41) is 35.3. The molecule has 4 N–H and O–H groups in total. The monoisotopic (exact) mass is 201 g/mol. The SMILES string of the molecule is O=C1O[C@H]([C@@H](O)CO)C(O)C1O.[Na]. The van der Waals surface area contributed by atoms with Crippen molar-refractivity contribution >= 4 is 35.5 Å². The van der Waals surface area contributed by atoms with Crippen LogP contribution in [0.3, 0.4) is 0 Å². The summed E-state index contributed by atoms with van der Waals surface area (Å²) in [4.78, 5) is 10.6. The summed E-state index contributed by atoms with van der Waals surface area (Å²) in [5.41, 5.74) is 0. The third-order valence-electron chi connectivity index (χ3n) is 1.72. The van der Waals surface area contributed by atoms with E-state index in [0.717, 1.165) is 0 Å². The Morgan fingerprint density at radius 1 is 1.46 bits per heavy atom. The summed E-state index contributed by atoms with van der Waals surface area (Å²) in [6, 6.07) is 0. The number of aliphatic hydroxyl groups is 4. The van der Waals surface area contributed by atoms with Gasteiger partial charge in [0.05, 0.1) is 6.61 Å². The van der Waals surface area contributed by atoms with E-state index in [-0.39, 0.29) is 29.6 Å². The smallest absolute Gasteiger partial charge is 0.338 e. The molecule has 0 spiro atoms. The molecule has 1 heterocycles. The van der Waals surface area contributed by atoms with Crippen LogP contribution in [0.4, 0.5) is 0 Å². The summed E-state index contributed by atoms with van der Waals surface area (Å²) in [7, 11) is 0. The number of cyclic esters (lactones) is 1. The second kappa shape index (κ2) is 5.26. The maximum absolute atomic E-state index is 10.6. The van der Waals surface area contributed by atoms with Crippen LogP contribution in [0.15, 0.2) is 0 Å². The van der Waals surface area contributed by atoms with Gasteiger partial charge < -0.3 is 25.2 Å². The molecule has 0 saturated carbocycles. The molecule has 1 saturated heterocycles. The molecule has 1 radical (unpaired) electrons. The van der Waals surface area contributed by atoms with Gasteiger partial charge in [-0.2, -0.15) is 0 Å². The molecule has 13 heavy (non-hydrogen) atoms. The maximum Gasteiger partial charge on any atom is 0.338 e. The van der Waals surface area contributed by atoms with Gasteiger partial charge in [-0.1, -0.05) is 0 Å². The molecule has 4 atom stereocenters. The van der Waals surface area contributed by atoms with Crippen LogP contribution < -0.4 is 0 Å². The van der Waals surface area contributed by atoms with Gasteiger partial charge in [0.2, 0.25) is 0 Å². The van der Waals surface area contributed by atoms with Crippen molar-refractivity contribution in [2.75, 3.05) is 6.61 Å². The van der Waals surface area contributed by atoms with E-state index in [1.807, 2.05) is 0 Å². The molecule has 1 fully saturated rings. The van der Waals surface area contributed by atoms with Crippen LogP contribution in [-0.4, -0.2) is 87.0 Å². The van der Waals surface area contributed by atoms with Crippen LogP contribution in [0.2, 0.25) is 0 Å². The van der Waals surface area contributed by atoms with Crippen molar-refractivity contribution < 1.29 is 30.0 Å². The fraction of sp³-hybridized carbons (Fsp3) is 0.833. The first kappa shape index (κ1) is 13.3. The van der Waals surface area contributed by atoms with E-state index < -0.39 is 37.0 Å². The third-order valence-corrected chi connectivity index (χ3v) is 1.72. The summed E-state index contributed by atoms with van der Waals surface area (Å²) < 4.78 is 4.39. The maximum atomic E-state index is 10.6. The molecule has 71 valence electrons. The Balaban J connectivity index is 0.00000144. The number of aliphatic hydroxyl groups excluding tert-OH is 4. The normalized spacial score (nSPS) is 35.1. The van der Waals surface area contributed by atoms with Crippen LogP contribution in [0, 0.1) is 0 Å². The molecule has 0 aromatic heterocycles. The van der Waals surface area contributed by atoms with E-state index in [1.165, 1.54) is 0 Å². The standard InChI is InChI=1S/C6H10O6.Na/c7-1-2(8)5-3(9)4(10)6(11)12-5;/h2-5,7-10H,1H2;/t2-,3?,4?,5+;/m0./s1. The van der Waals surface area contributed by atoms with Crippen LogP contribution >= 0.6 is 0 Å². The Bertz CT molecular complexity index is 186. The van der Waals surface area contributed by atoms with Gasteiger partial charge in [-0.05, 0) is 0 Å². The quantitative estimate of drug-likeness (QED) is 0.274. The predicted molar refractivity (Wildman–Crippen MR) is 40.7 cm³/mol. The first-order valence-corrected chi connectivity index (χ1v) is 3.43. The van der Waals surface area contributed by atoms with E-state index in [1.54, 1.807) is 0 Å². The summed E-state index contributed by atoms with van der Waals surface area (Å²) in [6.45, 7) is -0.637. The van der Waals surface area contributed by atoms with Crippen molar-refractivity contribution in [1.82, 2.24) is 0 Å². The van der Waals surface area contributed by atoms with Crippen molar-refractivity contribution in [3.05, 3.63) is 0 Å². The van der Waals surface area contributed by atoms with Crippen molar-refractivity contribution in [1.29, 1.82) is 0 Å². The molecule has 2 unspecified atom stereocenters. The largest absolute Gasteiger partial charge is 0.455 e. The molecule has 0 bridgehead atoms. The van der Waals surface area contributed by atoms with Gasteiger partial charge in [0.1, 0.15) is 12.2 Å². The number of hydrogen-bond donors (Lipinski definition) is 4. The third kappa shape index (κ3) is 2.63. The predicted octanol–water partition coefficient (Wildman–Crippen LogP) is -3.39. The molecule has 0 aromatic carbocycles. The molecule has 0 aliphatic carbocycles. The minimum absolute atomic E-state index is 0. The fourth-order valence-electron chi connectivity index (χ4n) is 1.00. The molecule has 0 aromatic rings. The Morgan fingerprint density at radius 2 is 2.00 bits per heavy atom. The van der Waals surface area contributed by atoms with Crippen molar-refractivity contribution in [2.45, 2.75) is 24.4 Å². The van der Waals surface area contributed by atoms with Gasteiger partial charge in [-0.15, -0.1) is 0 Å². The number of esters is 1. The van der Waals surface area contributed by atoms with Crippen LogP contribution in [-0.2, 0) is 9.53 Å². The first-order chi connectivity index (χ1) is 5.57. The number of rotatable bonds is 2. The minimum Gasteiger partial charge on any atom is -0.455 e. The summed E-state index contributed by atoms with van der Waals surface area (Å²) in [6.07, 6.45) is -5.70. The Labute approximate surface area is 96.4 Å². The van der Waals surface area contributed by atoms with Gasteiger partial charge in [0.15, 0.2) is 12.2 Å². The molecule has 7 heteroatoms. The number of carbonyl (C=O) groups excluding carboxylic acids is 1. The van der Waals surface area contributed by atoms with E-state index in [2.05, 4.69) is 4.74 Å². The average molecular weight is 201 g/mol. The van der Waals surface area contributed by atoms with Gasteiger partial charge in [0.25, 0.3) is 0 Å². The summed E-state index contributed by atoms with van der Waals surface area (Å²) >= 11 is 0. The van der Waals surface area contributed by atoms with E-state index in [9.17, 15) is 4.79 Å². The average Bonchev–Trinajstić information content (AvgIpc) is 2.32. The molecular formula is C6H10NaO6. The molecule has 6 nitrogen and oxygen atoms in total. The molecule has 1 aliphatic rings. The Morgan fingerprint density at radius 3 is 2.31 bits per heavy atom. The topological polar surface area (TPSA) is 107 Å². The second-order valence-corrected chi connectivity index (χ2v) is 2.59. The van der Waals surface area contributed by atoms with E-state index in [0.29, 0.717) is 0 Å². The van der Waals surface area contributed by atoms with Crippen molar-refractivity contribution in [3.8, 4) is 0 Å². The number of carbonyl (C=O) groups is 1. The second-order valence-electron chi connectivity index (χ2n) is 2.59. The first-order valence-electron chi connectivity index (χ1n) is 3.43. The summed E-state index contributed by atoms with van der Waals surface area (Å²) in [5.74, 6) is -0.986. The van der Waals surface area contributed by atoms with E-state index in [4.69, 9.17) is 20.4 Å². The Hall–Kier alpha value is 0.310. The molecule has 0 amide bonds. The van der Waals surface area contributed by atoms with Crippen LogP contribution in [0.25, 0.3) is 0 Å². The van der Waals surface area contributed by atoms with Gasteiger partial charge in [-0.3, -0.25) is 0 Å². The van der Waals surface area contributed by atoms with Crippen LogP contribution in [0.5, 0.6) is 0 Å². The number of ether oxygens (including phenoxy) is 1. The van der Waals surface area contributed by atoms with Crippen molar-refractivity contribution in [3.63, 3.8) is 0 Å². The Kier molecular flexibility index (Phi) is 5.38. The van der Waals surface area contributed by atoms with Crippen LogP contribution in [0.1, 0.15) is 0 Å². The zero-order valence-corrected chi connectivity index (χ0v) is 9.12. The molecule has 1 aliphatic heterocycles.